The van der Waals surface area contributed by atoms with Gasteiger partial charge >= 0.3 is 0 Å². The van der Waals surface area contributed by atoms with Crippen molar-refractivity contribution in [1.29, 1.82) is 0 Å². The van der Waals surface area contributed by atoms with Crippen LogP contribution in [-0.4, -0.2) is 15.8 Å². The summed E-state index contributed by atoms with van der Waals surface area (Å²) in [5.74, 6) is 0.185. The molecule has 2 N–H and O–H groups in total. The van der Waals surface area contributed by atoms with Gasteiger partial charge in [0.1, 0.15) is 0 Å². The first-order chi connectivity index (χ1) is 9.72. The van der Waals surface area contributed by atoms with Crippen LogP contribution < -0.4 is 0 Å². The van der Waals surface area contributed by atoms with Crippen molar-refractivity contribution < 1.29 is 5.11 Å². The highest BCUT2D eigenvalue weighted by Crippen LogP contribution is 2.35. The van der Waals surface area contributed by atoms with Crippen LogP contribution in [0.1, 0.15) is 11.1 Å². The van der Waals surface area contributed by atoms with E-state index in [1.165, 1.54) is 5.56 Å². The monoisotopic (exact) mass is 326 g/mol. The van der Waals surface area contributed by atoms with Crippen LogP contribution in [0.15, 0.2) is 51.9 Å². The molecule has 0 saturated carbocycles. The maximum absolute atomic E-state index is 10.2. The van der Waals surface area contributed by atoms with E-state index in [9.17, 15) is 5.11 Å². The van der Waals surface area contributed by atoms with E-state index in [2.05, 4.69) is 32.0 Å². The second kappa shape index (κ2) is 4.21. The zero-order valence-corrected chi connectivity index (χ0v) is 12.1. The Kier molecular flexibility index (Phi) is 2.47. The number of H-pyrrole nitrogens is 1. The van der Waals surface area contributed by atoms with E-state index in [1.54, 1.807) is 0 Å². The van der Waals surface area contributed by atoms with Gasteiger partial charge in [0.25, 0.3) is 0 Å². The number of nitrogens with zero attached hydrogens (tertiary/aromatic N) is 1. The predicted octanol–water partition coefficient (Wildman–Crippen LogP) is 4.31. The SMILES string of the molecule is Oc1[nH]c2ccc(Br)cc2c1C1=Nc2ccccc2C1. The molecule has 20 heavy (non-hydrogen) atoms. The number of aromatic nitrogens is 1. The van der Waals surface area contributed by atoms with Gasteiger partial charge in [-0.3, -0.25) is 4.99 Å². The Bertz CT molecular complexity index is 864. The largest absolute Gasteiger partial charge is 0.494 e. The van der Waals surface area contributed by atoms with Crippen LogP contribution in [-0.2, 0) is 6.42 Å². The quantitative estimate of drug-likeness (QED) is 0.687. The summed E-state index contributed by atoms with van der Waals surface area (Å²) < 4.78 is 0.987. The molecular weight excluding hydrogens is 316 g/mol. The van der Waals surface area contributed by atoms with Gasteiger partial charge in [0.05, 0.1) is 17.0 Å². The topological polar surface area (TPSA) is 48.4 Å². The third kappa shape index (κ3) is 1.68. The van der Waals surface area contributed by atoms with E-state index in [0.717, 1.165) is 38.8 Å². The highest BCUT2D eigenvalue weighted by molar-refractivity contribution is 9.10. The number of hydrogen-bond acceptors (Lipinski definition) is 2. The number of aromatic amines is 1. The predicted molar refractivity (Wildman–Crippen MR) is 84.0 cm³/mol. The third-order valence-corrected chi connectivity index (χ3v) is 4.13. The molecule has 0 saturated heterocycles. The zero-order chi connectivity index (χ0) is 13.7. The molecule has 0 unspecified atom stereocenters. The minimum Gasteiger partial charge on any atom is -0.494 e. The lowest BCUT2D eigenvalue weighted by molar-refractivity contribution is 0.457. The number of benzene rings is 2. The normalized spacial score (nSPS) is 13.6. The number of rotatable bonds is 1. The van der Waals surface area contributed by atoms with Gasteiger partial charge < -0.3 is 10.1 Å². The lowest BCUT2D eigenvalue weighted by atomic mass is 10.0. The molecule has 1 aliphatic heterocycles. The summed E-state index contributed by atoms with van der Waals surface area (Å²) in [6.07, 6.45) is 0.753. The molecule has 0 radical (unpaired) electrons. The number of nitrogens with one attached hydrogen (secondary N) is 1. The molecule has 4 heteroatoms. The van der Waals surface area contributed by atoms with Crippen molar-refractivity contribution in [2.24, 2.45) is 4.99 Å². The molecule has 3 nitrogen and oxygen atoms in total. The van der Waals surface area contributed by atoms with Gasteiger partial charge in [-0.2, -0.15) is 0 Å². The zero-order valence-electron chi connectivity index (χ0n) is 10.5. The van der Waals surface area contributed by atoms with Crippen molar-refractivity contribution in [3.63, 3.8) is 0 Å². The summed E-state index contributed by atoms with van der Waals surface area (Å²) in [5.41, 5.74) is 4.82. The first-order valence-corrected chi connectivity index (χ1v) is 7.18. The van der Waals surface area contributed by atoms with E-state index < -0.39 is 0 Å². The minimum absolute atomic E-state index is 0.185. The van der Waals surface area contributed by atoms with Crippen molar-refractivity contribution in [1.82, 2.24) is 4.98 Å². The van der Waals surface area contributed by atoms with Gasteiger partial charge in [-0.25, -0.2) is 0 Å². The first-order valence-electron chi connectivity index (χ1n) is 6.38. The van der Waals surface area contributed by atoms with Crippen LogP contribution in [0.4, 0.5) is 5.69 Å². The lowest BCUT2D eigenvalue weighted by Gasteiger charge is -2.00. The highest BCUT2D eigenvalue weighted by atomic mass is 79.9. The molecule has 2 heterocycles. The Morgan fingerprint density at radius 1 is 1.15 bits per heavy atom. The Morgan fingerprint density at radius 2 is 2.00 bits per heavy atom. The van der Waals surface area contributed by atoms with Gasteiger partial charge in [0, 0.05) is 21.8 Å². The van der Waals surface area contributed by atoms with Crippen molar-refractivity contribution in [2.75, 3.05) is 0 Å². The summed E-state index contributed by atoms with van der Waals surface area (Å²) in [7, 11) is 0. The van der Waals surface area contributed by atoms with Crippen LogP contribution in [0.25, 0.3) is 10.9 Å². The number of aromatic hydroxyl groups is 1. The van der Waals surface area contributed by atoms with Crippen LogP contribution in [0, 0.1) is 0 Å². The molecule has 0 spiro atoms. The molecule has 2 aromatic carbocycles. The molecule has 0 amide bonds. The Hall–Kier alpha value is -2.07. The maximum Gasteiger partial charge on any atom is 0.198 e. The molecule has 0 atom stereocenters. The molecule has 98 valence electrons. The number of fused-ring (bicyclic) bond motifs is 2. The Morgan fingerprint density at radius 3 is 2.85 bits per heavy atom. The van der Waals surface area contributed by atoms with Gasteiger partial charge in [-0.05, 0) is 29.8 Å². The molecule has 0 fully saturated rings. The third-order valence-electron chi connectivity index (χ3n) is 3.63. The van der Waals surface area contributed by atoms with E-state index in [4.69, 9.17) is 0 Å². The van der Waals surface area contributed by atoms with Crippen molar-refractivity contribution in [2.45, 2.75) is 6.42 Å². The summed E-state index contributed by atoms with van der Waals surface area (Å²) in [6, 6.07) is 14.0. The fourth-order valence-corrected chi connectivity index (χ4v) is 3.08. The smallest absolute Gasteiger partial charge is 0.198 e. The maximum atomic E-state index is 10.2. The van der Waals surface area contributed by atoms with Crippen molar-refractivity contribution >= 4 is 38.2 Å². The summed E-state index contributed by atoms with van der Waals surface area (Å²) >= 11 is 3.48. The molecule has 3 aromatic rings. The average molecular weight is 327 g/mol. The number of para-hydroxylation sites is 1. The first kappa shape index (κ1) is 11.7. The number of aliphatic imine (C=N–C) groups is 1. The lowest BCUT2D eigenvalue weighted by Crippen LogP contribution is -1.99. The summed E-state index contributed by atoms with van der Waals surface area (Å²) in [5, 5.41) is 11.2. The van der Waals surface area contributed by atoms with Crippen molar-refractivity contribution in [3.05, 3.63) is 58.1 Å². The molecule has 4 rings (SSSR count). The molecule has 0 bridgehead atoms. The van der Waals surface area contributed by atoms with Gasteiger partial charge in [-0.15, -0.1) is 0 Å². The van der Waals surface area contributed by atoms with E-state index >= 15 is 0 Å². The molecule has 1 aromatic heterocycles. The van der Waals surface area contributed by atoms with Crippen LogP contribution >= 0.6 is 15.9 Å². The minimum atomic E-state index is 0.185. The van der Waals surface area contributed by atoms with Gasteiger partial charge in [-0.1, -0.05) is 34.1 Å². The second-order valence-corrected chi connectivity index (χ2v) is 5.82. The average Bonchev–Trinajstić information content (AvgIpc) is 2.97. The summed E-state index contributed by atoms with van der Waals surface area (Å²) in [4.78, 5) is 7.67. The highest BCUT2D eigenvalue weighted by Gasteiger charge is 2.22. The Labute approximate surface area is 124 Å². The fourth-order valence-electron chi connectivity index (χ4n) is 2.72. The van der Waals surface area contributed by atoms with Crippen LogP contribution in [0.5, 0.6) is 5.88 Å². The standard InChI is InChI=1S/C16H11BrN2O/c17-10-5-6-13-11(8-10)15(16(20)19-13)14-7-9-3-1-2-4-12(9)18-14/h1-6,8,19-20H,7H2. The Balaban J connectivity index is 1.92. The molecule has 0 aliphatic carbocycles. The van der Waals surface area contributed by atoms with E-state index in [1.807, 2.05) is 36.4 Å². The van der Waals surface area contributed by atoms with Crippen LogP contribution in [0.2, 0.25) is 0 Å². The number of hydrogen-bond donors (Lipinski definition) is 2. The second-order valence-electron chi connectivity index (χ2n) is 4.90. The van der Waals surface area contributed by atoms with Gasteiger partial charge in [0.2, 0.25) is 0 Å². The fraction of sp³-hybridized carbons (Fsp3) is 0.0625. The molecular formula is C16H11BrN2O. The van der Waals surface area contributed by atoms with Crippen LogP contribution in [0.3, 0.4) is 0 Å². The van der Waals surface area contributed by atoms with Gasteiger partial charge in [0.15, 0.2) is 5.88 Å². The van der Waals surface area contributed by atoms with E-state index in [0.29, 0.717) is 0 Å². The number of halogens is 1. The summed E-state index contributed by atoms with van der Waals surface area (Å²) in [6.45, 7) is 0. The molecule has 1 aliphatic rings. The van der Waals surface area contributed by atoms with Crippen molar-refractivity contribution in [3.8, 4) is 5.88 Å². The van der Waals surface area contributed by atoms with E-state index in [-0.39, 0.29) is 5.88 Å².